The van der Waals surface area contributed by atoms with Gasteiger partial charge in [0.2, 0.25) is 0 Å². The molecule has 3 rings (SSSR count). The summed E-state index contributed by atoms with van der Waals surface area (Å²) in [5.41, 5.74) is -0.667. The van der Waals surface area contributed by atoms with E-state index >= 15 is 0 Å². The van der Waals surface area contributed by atoms with E-state index in [0.717, 1.165) is 0 Å². The van der Waals surface area contributed by atoms with Crippen LogP contribution in [0, 0.1) is 11.7 Å². The Labute approximate surface area is 206 Å². The third-order valence-corrected chi connectivity index (χ3v) is 4.23. The molecular weight excluding hydrogens is 393 g/mol. The second-order valence-corrected chi connectivity index (χ2v) is 7.09. The highest BCUT2D eigenvalue weighted by molar-refractivity contribution is 5.74. The molecule has 168 valence electrons. The Morgan fingerprint density at radius 1 is 1.29 bits per heavy atom. The zero-order valence-electron chi connectivity index (χ0n) is 32.2. The van der Waals surface area contributed by atoms with Gasteiger partial charge in [-0.1, -0.05) is 38.1 Å². The number of likely N-dealkylation sites (tertiary alicyclic amines) is 1. The van der Waals surface area contributed by atoms with Gasteiger partial charge in [0.15, 0.2) is 0 Å². The van der Waals surface area contributed by atoms with Gasteiger partial charge >= 0.3 is 6.03 Å². The third-order valence-electron chi connectivity index (χ3n) is 4.23. The molecule has 5 nitrogen and oxygen atoms in total. The first-order chi connectivity index (χ1) is 20.7. The average molecular weight is 443 g/mol. The fraction of sp³-hybridized carbons (Fsp3) is 0.480. The highest BCUT2D eigenvalue weighted by atomic mass is 19.1. The molecule has 0 atom stereocenters. The monoisotopic (exact) mass is 442 g/mol. The lowest BCUT2D eigenvalue weighted by Gasteiger charge is -2.37. The van der Waals surface area contributed by atoms with Crippen molar-refractivity contribution >= 4 is 6.03 Å². The summed E-state index contributed by atoms with van der Waals surface area (Å²) in [6.07, 6.45) is -1.62. The summed E-state index contributed by atoms with van der Waals surface area (Å²) in [6, 6.07) is -1.71. The number of carbonyl (C=O) groups is 1. The van der Waals surface area contributed by atoms with Crippen molar-refractivity contribution in [2.45, 2.75) is 45.8 Å². The van der Waals surface area contributed by atoms with Crippen molar-refractivity contribution in [3.8, 4) is 5.75 Å². The molecule has 1 aliphatic rings. The van der Waals surface area contributed by atoms with Crippen molar-refractivity contribution in [2.24, 2.45) is 5.92 Å². The number of hydrogen-bond donors (Lipinski definition) is 1. The van der Waals surface area contributed by atoms with Gasteiger partial charge < -0.3 is 19.9 Å². The van der Waals surface area contributed by atoms with Gasteiger partial charge in [-0.25, -0.2) is 9.18 Å². The van der Waals surface area contributed by atoms with Crippen LogP contribution in [0.5, 0.6) is 5.75 Å². The topological polar surface area (TPSA) is 44.8 Å². The molecule has 0 radical (unpaired) electrons. The number of amides is 2. The molecule has 0 aliphatic carbocycles. The minimum absolute atomic E-state index is 0.0533. The summed E-state index contributed by atoms with van der Waals surface area (Å²) in [7, 11) is 0. The predicted octanol–water partition coefficient (Wildman–Crippen LogP) is 4.67. The van der Waals surface area contributed by atoms with Crippen LogP contribution in [0.3, 0.4) is 0 Å². The fourth-order valence-corrected chi connectivity index (χ4v) is 2.67. The van der Waals surface area contributed by atoms with Gasteiger partial charge in [0.1, 0.15) is 11.6 Å². The number of nitrogens with zero attached hydrogens (tertiary/aromatic N) is 2. The molecule has 0 unspecified atom stereocenters. The van der Waals surface area contributed by atoms with Gasteiger partial charge in [0.05, 0.1) is 17.5 Å². The number of urea groups is 1. The highest BCUT2D eigenvalue weighted by Gasteiger charge is 2.27. The van der Waals surface area contributed by atoms with Crippen molar-refractivity contribution in [1.82, 2.24) is 15.1 Å². The standard InChI is InChI=1S/C25H34FN3O2/c1-19(2)18-31-24-10-6-20(7-11-24)16-27-25(30)29(23-12-14-28(3)15-13-23)17-21-4-8-22(26)9-5-21/h4-11,19,23H,12-18H2,1-3H3,(H,27,30)/i3D3,4D,5D,8D,9D,14D2,15D2,16D2,18D2. The first-order valence-electron chi connectivity index (χ1n) is 17.2. The molecule has 1 fully saturated rings. The number of carbonyl (C=O) groups excluding carboxylic acids is 1. The Balaban J connectivity index is 2.04. The number of piperidine rings is 1. The van der Waals surface area contributed by atoms with Gasteiger partial charge in [-0.05, 0) is 74.1 Å². The summed E-state index contributed by atoms with van der Waals surface area (Å²) >= 11 is 0. The Morgan fingerprint density at radius 2 is 1.97 bits per heavy atom. The maximum absolute atomic E-state index is 14.3. The first-order valence-corrected chi connectivity index (χ1v) is 9.66. The maximum atomic E-state index is 14.3. The second kappa shape index (κ2) is 11.1. The van der Waals surface area contributed by atoms with Crippen LogP contribution in [0.2, 0.25) is 0 Å². The van der Waals surface area contributed by atoms with E-state index in [4.69, 9.17) is 25.3 Å². The molecule has 1 heterocycles. The Bertz CT molecular complexity index is 1400. The zero-order valence-corrected chi connectivity index (χ0v) is 17.2. The molecular formula is C25H34FN3O2. The molecule has 0 saturated carbocycles. The van der Waals surface area contributed by atoms with Crippen molar-refractivity contribution in [1.29, 1.82) is 0 Å². The molecule has 1 aliphatic heterocycles. The summed E-state index contributed by atoms with van der Waals surface area (Å²) in [5, 5.41) is 2.10. The zero-order chi connectivity index (χ0) is 35.4. The van der Waals surface area contributed by atoms with Crippen molar-refractivity contribution in [2.75, 3.05) is 26.5 Å². The number of halogens is 1. The number of hydrogen-bond acceptors (Lipinski definition) is 3. The van der Waals surface area contributed by atoms with Gasteiger partial charge in [0.25, 0.3) is 0 Å². The lowest BCUT2D eigenvalue weighted by atomic mass is 10.0. The largest absolute Gasteiger partial charge is 0.493 e. The Hall–Kier alpha value is -2.60. The van der Waals surface area contributed by atoms with Gasteiger partial charge in [-0.3, -0.25) is 0 Å². The first kappa shape index (κ1) is 10.3. The van der Waals surface area contributed by atoms with E-state index in [0.29, 0.717) is 4.90 Å². The minimum atomic E-state index is -3.23. The van der Waals surface area contributed by atoms with E-state index in [1.165, 1.54) is 24.3 Å². The highest BCUT2D eigenvalue weighted by Crippen LogP contribution is 2.19. The number of ether oxygens (including phenoxy) is 1. The maximum Gasteiger partial charge on any atom is 0.318 e. The Morgan fingerprint density at radius 3 is 2.58 bits per heavy atom. The van der Waals surface area contributed by atoms with Crippen molar-refractivity contribution in [3.05, 3.63) is 65.4 Å². The van der Waals surface area contributed by atoms with Crippen LogP contribution in [-0.4, -0.2) is 48.4 Å². The smallest absolute Gasteiger partial charge is 0.318 e. The predicted molar refractivity (Wildman–Crippen MR) is 121 cm³/mol. The fourth-order valence-electron chi connectivity index (χ4n) is 2.67. The van der Waals surface area contributed by atoms with E-state index in [-0.39, 0.29) is 16.2 Å². The molecule has 2 aromatic rings. The van der Waals surface area contributed by atoms with Gasteiger partial charge in [-0.15, -0.1) is 0 Å². The lowest BCUT2D eigenvalue weighted by Crippen LogP contribution is -2.49. The van der Waals surface area contributed by atoms with E-state index in [9.17, 15) is 9.18 Å². The van der Waals surface area contributed by atoms with Crippen LogP contribution in [0.25, 0.3) is 0 Å². The van der Waals surface area contributed by atoms with Crippen LogP contribution >= 0.6 is 0 Å². The number of rotatable bonds is 8. The van der Waals surface area contributed by atoms with E-state index in [1.54, 1.807) is 13.8 Å². The van der Waals surface area contributed by atoms with Gasteiger partial charge in [0, 0.05) is 28.7 Å². The molecule has 1 N–H and O–H groups in total. The molecule has 31 heavy (non-hydrogen) atoms. The van der Waals surface area contributed by atoms with E-state index in [2.05, 4.69) is 5.32 Å². The molecule has 0 spiro atoms. The molecule has 0 aromatic heterocycles. The Kier molecular flexibility index (Phi) is 3.72. The number of nitrogens with one attached hydrogen (secondary N) is 1. The van der Waals surface area contributed by atoms with Crippen LogP contribution in [0.4, 0.5) is 9.18 Å². The van der Waals surface area contributed by atoms with Crippen LogP contribution in [-0.2, 0) is 13.0 Å². The number of benzene rings is 2. The molecule has 2 amide bonds. The van der Waals surface area contributed by atoms with E-state index in [1.807, 2.05) is 0 Å². The van der Waals surface area contributed by atoms with E-state index < -0.39 is 106 Å². The summed E-state index contributed by atoms with van der Waals surface area (Å²) < 4.78 is 141. The van der Waals surface area contributed by atoms with Crippen molar-refractivity contribution < 1.29 is 34.5 Å². The van der Waals surface area contributed by atoms with Crippen LogP contribution in [0.1, 0.15) is 58.4 Å². The quantitative estimate of drug-likeness (QED) is 0.646. The average Bonchev–Trinajstić information content (AvgIpc) is 2.88. The van der Waals surface area contributed by atoms with Crippen molar-refractivity contribution in [3.63, 3.8) is 0 Å². The third kappa shape index (κ3) is 7.24. The summed E-state index contributed by atoms with van der Waals surface area (Å²) in [4.78, 5) is 14.5. The normalized spacial score (nSPS) is 26.8. The van der Waals surface area contributed by atoms with Crippen LogP contribution < -0.4 is 10.1 Å². The summed E-state index contributed by atoms with van der Waals surface area (Å²) in [6.45, 7) is -11.4. The minimum Gasteiger partial charge on any atom is -0.493 e. The van der Waals surface area contributed by atoms with Gasteiger partial charge in [-0.2, -0.15) is 0 Å². The molecule has 0 bridgehead atoms. The molecule has 2 aromatic carbocycles. The molecule has 6 heteroatoms. The second-order valence-electron chi connectivity index (χ2n) is 7.09. The lowest BCUT2D eigenvalue weighted by molar-refractivity contribution is 0.127. The molecule has 1 saturated heterocycles. The SMILES string of the molecule is [2H]c1c([2H])c(CN(C(=O)NC([2H])([2H])c2ccc(OC([2H])([2H])C(C)C)cc2)C2CC([2H])([2H])N(C([2H])([2H])[2H])C([2H])([2H])C2)c([2H])c([2H])c1F. The summed E-state index contributed by atoms with van der Waals surface area (Å²) in [5.74, 6) is -1.91. The van der Waals surface area contributed by atoms with Crippen LogP contribution in [0.15, 0.2) is 48.4 Å².